The summed E-state index contributed by atoms with van der Waals surface area (Å²) in [6.45, 7) is 2.59. The zero-order valence-corrected chi connectivity index (χ0v) is 13.9. The van der Waals surface area contributed by atoms with Crippen LogP contribution < -0.4 is 0 Å². The van der Waals surface area contributed by atoms with Crippen LogP contribution in [0.5, 0.6) is 0 Å². The Labute approximate surface area is 136 Å². The summed E-state index contributed by atoms with van der Waals surface area (Å²) in [6, 6.07) is 5.16. The van der Waals surface area contributed by atoms with Gasteiger partial charge in [0.05, 0.1) is 11.0 Å². The first kappa shape index (κ1) is 15.6. The third-order valence-corrected chi connectivity index (χ3v) is 5.11. The first-order valence-electron chi connectivity index (χ1n) is 6.37. The number of carbonyl (C=O) groups excluding carboxylic acids is 1. The molecule has 6 heteroatoms. The van der Waals surface area contributed by atoms with Gasteiger partial charge in [-0.15, -0.1) is 0 Å². The minimum Gasteiger partial charge on any atom is -0.481 e. The molecule has 20 heavy (non-hydrogen) atoms. The van der Waals surface area contributed by atoms with E-state index in [-0.39, 0.29) is 12.5 Å². The van der Waals surface area contributed by atoms with Crippen LogP contribution >= 0.6 is 34.2 Å². The summed E-state index contributed by atoms with van der Waals surface area (Å²) in [5, 5.41) is 9.88. The van der Waals surface area contributed by atoms with Crippen molar-refractivity contribution in [2.45, 2.75) is 19.8 Å². The third-order valence-electron chi connectivity index (χ3n) is 3.93. The van der Waals surface area contributed by atoms with E-state index in [9.17, 15) is 14.7 Å². The summed E-state index contributed by atoms with van der Waals surface area (Å²) in [5.41, 5.74) is -0.268. The maximum Gasteiger partial charge on any atom is 0.311 e. The average Bonchev–Trinajstić information content (AvgIpc) is 2.86. The first-order valence-corrected chi connectivity index (χ1v) is 7.83. The normalized spacial score (nSPS) is 22.1. The summed E-state index contributed by atoms with van der Waals surface area (Å²) in [4.78, 5) is 25.6. The third kappa shape index (κ3) is 2.79. The van der Waals surface area contributed by atoms with E-state index in [4.69, 9.17) is 11.6 Å². The van der Waals surface area contributed by atoms with E-state index in [1.165, 1.54) is 0 Å². The van der Waals surface area contributed by atoms with Gasteiger partial charge in [-0.05, 0) is 53.6 Å². The number of carboxylic acid groups (broad SMARTS) is 1. The quantitative estimate of drug-likeness (QED) is 0.783. The molecule has 1 aliphatic rings. The molecule has 0 spiro atoms. The molecule has 1 amide bonds. The van der Waals surface area contributed by atoms with Crippen molar-refractivity contribution in [3.8, 4) is 0 Å². The highest BCUT2D eigenvalue weighted by molar-refractivity contribution is 14.1. The van der Waals surface area contributed by atoms with Gasteiger partial charge in [-0.25, -0.2) is 0 Å². The maximum atomic E-state index is 12.5. The predicted molar refractivity (Wildman–Crippen MR) is 85.0 cm³/mol. The van der Waals surface area contributed by atoms with Gasteiger partial charge in [0.1, 0.15) is 0 Å². The smallest absolute Gasteiger partial charge is 0.311 e. The van der Waals surface area contributed by atoms with E-state index < -0.39 is 11.4 Å². The van der Waals surface area contributed by atoms with Gasteiger partial charge in [-0.1, -0.05) is 18.5 Å². The van der Waals surface area contributed by atoms with Crippen molar-refractivity contribution in [3.05, 3.63) is 32.4 Å². The van der Waals surface area contributed by atoms with E-state index in [1.807, 2.05) is 6.92 Å². The van der Waals surface area contributed by atoms with Crippen molar-refractivity contribution >= 4 is 46.1 Å². The molecule has 0 aromatic heterocycles. The standard InChI is InChI=1S/C14H15ClINO3/c1-2-14(13(19)20)5-6-17(8-14)12(18)10-7-9(15)3-4-11(10)16/h3-4,7H,2,5-6,8H2,1H3,(H,19,20). The molecule has 0 aliphatic carbocycles. The molecule has 108 valence electrons. The lowest BCUT2D eigenvalue weighted by atomic mass is 9.84. The Morgan fingerprint density at radius 3 is 2.75 bits per heavy atom. The van der Waals surface area contributed by atoms with Gasteiger partial charge in [0, 0.05) is 21.7 Å². The molecule has 1 fully saturated rings. The minimum atomic E-state index is -0.823. The molecule has 2 rings (SSSR count). The van der Waals surface area contributed by atoms with Crippen LogP contribution in [0.3, 0.4) is 0 Å². The van der Waals surface area contributed by atoms with E-state index in [2.05, 4.69) is 22.6 Å². The van der Waals surface area contributed by atoms with Gasteiger partial charge in [0.2, 0.25) is 0 Å². The Kier molecular flexibility index (Phi) is 4.59. The second kappa shape index (κ2) is 5.89. The van der Waals surface area contributed by atoms with E-state index in [0.29, 0.717) is 30.0 Å². The molecule has 1 N–H and O–H groups in total. The second-order valence-electron chi connectivity index (χ2n) is 5.04. The van der Waals surface area contributed by atoms with E-state index >= 15 is 0 Å². The SMILES string of the molecule is CCC1(C(=O)O)CCN(C(=O)c2cc(Cl)ccc2I)C1. The number of hydrogen-bond donors (Lipinski definition) is 1. The zero-order valence-electron chi connectivity index (χ0n) is 11.0. The van der Waals surface area contributed by atoms with E-state index in [1.54, 1.807) is 23.1 Å². The predicted octanol–water partition coefficient (Wildman–Crippen LogP) is 3.27. The highest BCUT2D eigenvalue weighted by Crippen LogP contribution is 2.35. The van der Waals surface area contributed by atoms with Crippen LogP contribution in [0, 0.1) is 8.99 Å². The number of carbonyl (C=O) groups is 2. The highest BCUT2D eigenvalue weighted by atomic mass is 127. The van der Waals surface area contributed by atoms with Gasteiger partial charge in [-0.2, -0.15) is 0 Å². The van der Waals surface area contributed by atoms with Crippen LogP contribution in [0.2, 0.25) is 5.02 Å². The topological polar surface area (TPSA) is 57.6 Å². The molecule has 1 saturated heterocycles. The highest BCUT2D eigenvalue weighted by Gasteiger charge is 2.45. The number of amides is 1. The van der Waals surface area contributed by atoms with Crippen molar-refractivity contribution in [1.82, 2.24) is 4.90 Å². The Morgan fingerprint density at radius 2 is 2.20 bits per heavy atom. The Hall–Kier alpha value is -0.820. The minimum absolute atomic E-state index is 0.145. The van der Waals surface area contributed by atoms with Crippen LogP contribution in [0.4, 0.5) is 0 Å². The zero-order chi connectivity index (χ0) is 14.9. The molecule has 0 bridgehead atoms. The molecule has 0 radical (unpaired) electrons. The lowest BCUT2D eigenvalue weighted by molar-refractivity contribution is -0.148. The molecule has 4 nitrogen and oxygen atoms in total. The fourth-order valence-electron chi connectivity index (χ4n) is 2.49. The number of rotatable bonds is 3. The lowest BCUT2D eigenvalue weighted by Gasteiger charge is -2.23. The summed E-state index contributed by atoms with van der Waals surface area (Å²) in [7, 11) is 0. The Bertz CT molecular complexity index is 563. The monoisotopic (exact) mass is 407 g/mol. The summed E-state index contributed by atoms with van der Waals surface area (Å²) < 4.78 is 0.821. The van der Waals surface area contributed by atoms with Crippen molar-refractivity contribution in [1.29, 1.82) is 0 Å². The van der Waals surface area contributed by atoms with Crippen LogP contribution in [-0.2, 0) is 4.79 Å². The Balaban J connectivity index is 2.24. The van der Waals surface area contributed by atoms with Gasteiger partial charge < -0.3 is 10.0 Å². The maximum absolute atomic E-state index is 12.5. The first-order chi connectivity index (χ1) is 9.39. The molecule has 0 saturated carbocycles. The second-order valence-corrected chi connectivity index (χ2v) is 6.64. The van der Waals surface area contributed by atoms with Crippen molar-refractivity contribution in [3.63, 3.8) is 0 Å². The Morgan fingerprint density at radius 1 is 1.50 bits per heavy atom. The molecule has 1 aliphatic heterocycles. The number of nitrogens with zero attached hydrogens (tertiary/aromatic N) is 1. The van der Waals surface area contributed by atoms with Gasteiger partial charge >= 0.3 is 5.97 Å². The van der Waals surface area contributed by atoms with Crippen LogP contribution in [0.1, 0.15) is 30.1 Å². The largest absolute Gasteiger partial charge is 0.481 e. The number of likely N-dealkylation sites (tertiary alicyclic amines) is 1. The fourth-order valence-corrected chi connectivity index (χ4v) is 3.23. The molecule has 1 aromatic carbocycles. The average molecular weight is 408 g/mol. The molecular formula is C14H15ClINO3. The number of carboxylic acids is 1. The fraction of sp³-hybridized carbons (Fsp3) is 0.429. The molecule has 1 unspecified atom stereocenters. The summed E-state index contributed by atoms with van der Waals surface area (Å²) in [5.74, 6) is -0.968. The van der Waals surface area contributed by atoms with Crippen LogP contribution in [0.25, 0.3) is 0 Å². The van der Waals surface area contributed by atoms with Crippen LogP contribution in [-0.4, -0.2) is 35.0 Å². The summed E-state index contributed by atoms with van der Waals surface area (Å²) in [6.07, 6.45) is 1.03. The van der Waals surface area contributed by atoms with Crippen LogP contribution in [0.15, 0.2) is 18.2 Å². The molecule has 1 heterocycles. The molecular weight excluding hydrogens is 393 g/mol. The van der Waals surface area contributed by atoms with Crippen molar-refractivity contribution < 1.29 is 14.7 Å². The number of hydrogen-bond acceptors (Lipinski definition) is 2. The molecule has 1 aromatic rings. The van der Waals surface area contributed by atoms with Gasteiger partial charge in [-0.3, -0.25) is 9.59 Å². The molecule has 1 atom stereocenters. The number of benzene rings is 1. The number of aliphatic carboxylic acids is 1. The van der Waals surface area contributed by atoms with Crippen molar-refractivity contribution in [2.24, 2.45) is 5.41 Å². The van der Waals surface area contributed by atoms with Crippen molar-refractivity contribution in [2.75, 3.05) is 13.1 Å². The van der Waals surface area contributed by atoms with E-state index in [0.717, 1.165) is 3.57 Å². The lowest BCUT2D eigenvalue weighted by Crippen LogP contribution is -2.36. The van der Waals surface area contributed by atoms with Gasteiger partial charge in [0.15, 0.2) is 0 Å². The van der Waals surface area contributed by atoms with Gasteiger partial charge in [0.25, 0.3) is 5.91 Å². The number of halogens is 2. The summed E-state index contributed by atoms with van der Waals surface area (Å²) >= 11 is 8.02.